The van der Waals surface area contributed by atoms with Crippen LogP contribution in [0.1, 0.15) is 54.5 Å². The van der Waals surface area contributed by atoms with E-state index in [-0.39, 0.29) is 30.0 Å². The number of nitriles is 2. The minimum Gasteiger partial charge on any atom is -0.461 e. The number of rotatable bonds is 4. The number of ether oxygens (including phenoxy) is 1. The molecule has 2 rings (SSSR count). The smallest absolute Gasteiger partial charge is 0.306 e. The predicted octanol–water partition coefficient (Wildman–Crippen LogP) is 2.42. The second-order valence-corrected chi connectivity index (χ2v) is 6.22. The Hall–Kier alpha value is -2.60. The summed E-state index contributed by atoms with van der Waals surface area (Å²) in [5.74, 6) is -0.560. The van der Waals surface area contributed by atoms with E-state index < -0.39 is 5.56 Å². The van der Waals surface area contributed by atoms with Crippen LogP contribution in [0.25, 0.3) is 0 Å². The standard InChI is InChI=1S/C18H21N3O3/c1-11-14(12(2)21-18(23)15(11)10-20)7-8-17(22)24-16-6-4-3-5-13(16)9-19/h13,16H,3-8H2,1-2H3,(H,21,23)/t13-,16-/m1/s1. The summed E-state index contributed by atoms with van der Waals surface area (Å²) in [6.45, 7) is 3.47. The number of aromatic nitrogens is 1. The van der Waals surface area contributed by atoms with E-state index in [1.807, 2.05) is 6.07 Å². The fraction of sp³-hybridized carbons (Fsp3) is 0.556. The number of nitrogens with zero attached hydrogens (tertiary/aromatic N) is 2. The number of hydrogen-bond donors (Lipinski definition) is 1. The van der Waals surface area contributed by atoms with Crippen molar-refractivity contribution in [2.24, 2.45) is 5.92 Å². The number of hydrogen-bond acceptors (Lipinski definition) is 5. The largest absolute Gasteiger partial charge is 0.461 e. The third-order valence-electron chi connectivity index (χ3n) is 4.65. The SMILES string of the molecule is Cc1[nH]c(=O)c(C#N)c(C)c1CCC(=O)O[C@@H]1CCCC[C@@H]1C#N. The maximum Gasteiger partial charge on any atom is 0.306 e. The summed E-state index contributed by atoms with van der Waals surface area (Å²) in [5, 5.41) is 18.2. The molecule has 1 aliphatic carbocycles. The first kappa shape index (κ1) is 17.7. The van der Waals surface area contributed by atoms with E-state index in [1.54, 1.807) is 13.8 Å². The third kappa shape index (κ3) is 3.83. The van der Waals surface area contributed by atoms with E-state index in [2.05, 4.69) is 11.1 Å². The molecule has 0 radical (unpaired) electrons. The number of nitrogens with one attached hydrogen (secondary N) is 1. The van der Waals surface area contributed by atoms with Gasteiger partial charge in [0, 0.05) is 12.1 Å². The molecule has 1 aromatic heterocycles. The molecule has 6 nitrogen and oxygen atoms in total. The van der Waals surface area contributed by atoms with E-state index in [4.69, 9.17) is 15.3 Å². The van der Waals surface area contributed by atoms with Gasteiger partial charge in [0.25, 0.3) is 5.56 Å². The Morgan fingerprint density at radius 3 is 2.67 bits per heavy atom. The Kier molecular flexibility index (Phi) is 5.76. The molecular weight excluding hydrogens is 306 g/mol. The number of carbonyl (C=O) groups excluding carboxylic acids is 1. The summed E-state index contributed by atoms with van der Waals surface area (Å²) < 4.78 is 5.48. The highest BCUT2D eigenvalue weighted by Crippen LogP contribution is 2.27. The minimum absolute atomic E-state index is 0.0841. The van der Waals surface area contributed by atoms with Crippen LogP contribution in [-0.4, -0.2) is 17.1 Å². The lowest BCUT2D eigenvalue weighted by molar-refractivity contribution is -0.152. The number of carbonyl (C=O) groups is 1. The zero-order valence-electron chi connectivity index (χ0n) is 14.0. The van der Waals surface area contributed by atoms with Crippen LogP contribution in [0, 0.1) is 42.4 Å². The van der Waals surface area contributed by atoms with Crippen molar-refractivity contribution in [3.63, 3.8) is 0 Å². The van der Waals surface area contributed by atoms with Crippen LogP contribution in [0.15, 0.2) is 4.79 Å². The number of aromatic amines is 1. The topological polar surface area (TPSA) is 107 Å². The Morgan fingerprint density at radius 2 is 2.00 bits per heavy atom. The molecule has 1 aromatic rings. The number of H-pyrrole nitrogens is 1. The number of pyridine rings is 1. The lowest BCUT2D eigenvalue weighted by Crippen LogP contribution is -2.29. The predicted molar refractivity (Wildman–Crippen MR) is 87.0 cm³/mol. The summed E-state index contributed by atoms with van der Waals surface area (Å²) in [4.78, 5) is 26.5. The van der Waals surface area contributed by atoms with Crippen LogP contribution in [-0.2, 0) is 16.0 Å². The number of esters is 1. The van der Waals surface area contributed by atoms with E-state index >= 15 is 0 Å². The van der Waals surface area contributed by atoms with Crippen molar-refractivity contribution >= 4 is 5.97 Å². The summed E-state index contributed by atoms with van der Waals surface area (Å²) >= 11 is 0. The highest BCUT2D eigenvalue weighted by molar-refractivity contribution is 5.70. The van der Waals surface area contributed by atoms with Crippen molar-refractivity contribution in [2.45, 2.75) is 58.5 Å². The molecule has 0 unspecified atom stereocenters. The molecule has 0 aromatic carbocycles. The van der Waals surface area contributed by atoms with Crippen LogP contribution >= 0.6 is 0 Å². The van der Waals surface area contributed by atoms with Gasteiger partial charge in [0.15, 0.2) is 0 Å². The van der Waals surface area contributed by atoms with Gasteiger partial charge in [0.2, 0.25) is 0 Å². The summed E-state index contributed by atoms with van der Waals surface area (Å²) in [5.41, 5.74) is 1.75. The van der Waals surface area contributed by atoms with Crippen molar-refractivity contribution in [2.75, 3.05) is 0 Å². The summed E-state index contributed by atoms with van der Waals surface area (Å²) in [6.07, 6.45) is 3.72. The van der Waals surface area contributed by atoms with Gasteiger partial charge >= 0.3 is 5.97 Å². The van der Waals surface area contributed by atoms with E-state index in [9.17, 15) is 9.59 Å². The fourth-order valence-corrected chi connectivity index (χ4v) is 3.26. The van der Waals surface area contributed by atoms with Crippen LogP contribution < -0.4 is 5.56 Å². The molecule has 1 N–H and O–H groups in total. The second-order valence-electron chi connectivity index (χ2n) is 6.22. The molecule has 2 atom stereocenters. The van der Waals surface area contributed by atoms with Gasteiger partial charge in [-0.05, 0) is 50.7 Å². The van der Waals surface area contributed by atoms with Gasteiger partial charge in [-0.15, -0.1) is 0 Å². The van der Waals surface area contributed by atoms with Crippen LogP contribution in [0.3, 0.4) is 0 Å². The lowest BCUT2D eigenvalue weighted by Gasteiger charge is -2.26. The minimum atomic E-state index is -0.405. The Labute approximate surface area is 141 Å². The van der Waals surface area contributed by atoms with Crippen molar-refractivity contribution in [3.8, 4) is 12.1 Å². The van der Waals surface area contributed by atoms with Gasteiger partial charge in [-0.3, -0.25) is 9.59 Å². The normalized spacial score (nSPS) is 20.0. The molecule has 0 amide bonds. The molecule has 6 heteroatoms. The van der Waals surface area contributed by atoms with Gasteiger partial charge in [-0.2, -0.15) is 10.5 Å². The maximum atomic E-state index is 12.1. The summed E-state index contributed by atoms with van der Waals surface area (Å²) in [6, 6.07) is 4.12. The molecule has 1 saturated carbocycles. The molecule has 0 spiro atoms. The van der Waals surface area contributed by atoms with Crippen molar-refractivity contribution in [1.29, 1.82) is 10.5 Å². The molecule has 24 heavy (non-hydrogen) atoms. The third-order valence-corrected chi connectivity index (χ3v) is 4.65. The van der Waals surface area contributed by atoms with Crippen LogP contribution in [0.5, 0.6) is 0 Å². The Bertz CT molecular complexity index is 767. The zero-order chi connectivity index (χ0) is 17.7. The van der Waals surface area contributed by atoms with Gasteiger partial charge in [-0.1, -0.05) is 6.42 Å². The van der Waals surface area contributed by atoms with Crippen molar-refractivity contribution in [1.82, 2.24) is 4.98 Å². The average molecular weight is 327 g/mol. The number of aryl methyl sites for hydroxylation is 1. The lowest BCUT2D eigenvalue weighted by atomic mass is 9.87. The van der Waals surface area contributed by atoms with Gasteiger partial charge in [0.05, 0.1) is 12.0 Å². The highest BCUT2D eigenvalue weighted by Gasteiger charge is 2.28. The van der Waals surface area contributed by atoms with Crippen molar-refractivity contribution in [3.05, 3.63) is 32.7 Å². The van der Waals surface area contributed by atoms with Crippen molar-refractivity contribution < 1.29 is 9.53 Å². The van der Waals surface area contributed by atoms with E-state index in [1.165, 1.54) is 0 Å². The molecule has 0 saturated heterocycles. The van der Waals surface area contributed by atoms with E-state index in [0.717, 1.165) is 31.2 Å². The Balaban J connectivity index is 2.04. The average Bonchev–Trinajstić information content (AvgIpc) is 2.55. The van der Waals surface area contributed by atoms with Gasteiger partial charge in [0.1, 0.15) is 17.7 Å². The molecule has 1 fully saturated rings. The Morgan fingerprint density at radius 1 is 1.29 bits per heavy atom. The first-order valence-electron chi connectivity index (χ1n) is 8.19. The molecule has 1 aliphatic rings. The first-order valence-corrected chi connectivity index (χ1v) is 8.19. The maximum absolute atomic E-state index is 12.1. The van der Waals surface area contributed by atoms with Crippen LogP contribution in [0.2, 0.25) is 0 Å². The molecule has 126 valence electrons. The molecule has 0 bridgehead atoms. The van der Waals surface area contributed by atoms with Gasteiger partial charge < -0.3 is 9.72 Å². The molecular formula is C18H21N3O3. The molecule has 0 aliphatic heterocycles. The first-order chi connectivity index (χ1) is 11.5. The van der Waals surface area contributed by atoms with Crippen LogP contribution in [0.4, 0.5) is 0 Å². The fourth-order valence-electron chi connectivity index (χ4n) is 3.26. The van der Waals surface area contributed by atoms with E-state index in [0.29, 0.717) is 17.7 Å². The quantitative estimate of drug-likeness (QED) is 0.855. The second kappa shape index (κ2) is 7.79. The molecule has 1 heterocycles. The zero-order valence-corrected chi connectivity index (χ0v) is 14.0. The highest BCUT2D eigenvalue weighted by atomic mass is 16.5. The summed E-state index contributed by atoms with van der Waals surface area (Å²) in [7, 11) is 0. The monoisotopic (exact) mass is 327 g/mol. The van der Waals surface area contributed by atoms with Gasteiger partial charge in [-0.25, -0.2) is 0 Å².